The fraction of sp³-hybridized carbons (Fsp3) is 0.435. The van der Waals surface area contributed by atoms with Crippen molar-refractivity contribution < 1.29 is 27.6 Å². The van der Waals surface area contributed by atoms with Gasteiger partial charge in [0.15, 0.2) is 0 Å². The Morgan fingerprint density at radius 2 is 1.81 bits per heavy atom. The van der Waals surface area contributed by atoms with Crippen molar-refractivity contribution in [3.8, 4) is 0 Å². The number of anilines is 1. The van der Waals surface area contributed by atoms with E-state index >= 15 is 0 Å². The van der Waals surface area contributed by atoms with Crippen molar-refractivity contribution in [2.45, 2.75) is 64.0 Å². The largest absolute Gasteiger partial charge is 0.344 e. The number of aromatic nitrogens is 1. The molecule has 1 fully saturated rings. The van der Waals surface area contributed by atoms with Gasteiger partial charge in [-0.05, 0) is 62.9 Å². The van der Waals surface area contributed by atoms with Crippen LogP contribution in [0.25, 0.3) is 0 Å². The number of hydrogen-bond acceptors (Lipinski definition) is 3. The molecule has 4 rings (SSSR count). The molecular formula is C23H24F3N3O3. The number of ketones is 1. The van der Waals surface area contributed by atoms with Gasteiger partial charge in [-0.25, -0.2) is 13.2 Å². The molecule has 1 aliphatic heterocycles. The van der Waals surface area contributed by atoms with Crippen molar-refractivity contribution in [2.75, 3.05) is 5.32 Å². The predicted octanol–water partition coefficient (Wildman–Crippen LogP) is 4.01. The number of nitrogens with zero attached hydrogens (tertiary/aromatic N) is 1. The number of nitrogens with one attached hydrogen (secondary N) is 2. The predicted molar refractivity (Wildman–Crippen MR) is 112 cm³/mol. The average Bonchev–Trinajstić information content (AvgIpc) is 3.08. The summed E-state index contributed by atoms with van der Waals surface area (Å²) in [6.45, 7) is 3.54. The van der Waals surface area contributed by atoms with Gasteiger partial charge in [-0.2, -0.15) is 0 Å². The van der Waals surface area contributed by atoms with Crippen molar-refractivity contribution in [3.63, 3.8) is 0 Å². The van der Waals surface area contributed by atoms with Crippen LogP contribution in [0.1, 0.15) is 64.7 Å². The molecule has 1 aliphatic carbocycles. The van der Waals surface area contributed by atoms with Crippen LogP contribution in [0, 0.1) is 12.7 Å². The maximum atomic E-state index is 13.5. The Morgan fingerprint density at radius 3 is 2.47 bits per heavy atom. The van der Waals surface area contributed by atoms with E-state index in [0.29, 0.717) is 29.9 Å². The average molecular weight is 447 g/mol. The monoisotopic (exact) mass is 447 g/mol. The minimum Gasteiger partial charge on any atom is -0.344 e. The van der Waals surface area contributed by atoms with Gasteiger partial charge < -0.3 is 15.2 Å². The summed E-state index contributed by atoms with van der Waals surface area (Å²) in [6, 6.07) is 5.58. The lowest BCUT2D eigenvalue weighted by molar-refractivity contribution is -0.140. The number of fused-ring (bicyclic) bond motifs is 1. The second-order valence-electron chi connectivity index (χ2n) is 8.97. The lowest BCUT2D eigenvalue weighted by atomic mass is 9.75. The molecule has 2 aliphatic rings. The number of alkyl halides is 2. The molecule has 6 nitrogen and oxygen atoms in total. The van der Waals surface area contributed by atoms with Gasteiger partial charge in [-0.1, -0.05) is 0 Å². The van der Waals surface area contributed by atoms with Crippen LogP contribution in [0.5, 0.6) is 0 Å². The van der Waals surface area contributed by atoms with Crippen molar-refractivity contribution in [1.29, 1.82) is 0 Å². The summed E-state index contributed by atoms with van der Waals surface area (Å²) in [5.41, 5.74) is 0.633. The lowest BCUT2D eigenvalue weighted by Crippen LogP contribution is -2.61. The van der Waals surface area contributed by atoms with Crippen LogP contribution < -0.4 is 10.6 Å². The number of aryl methyl sites for hydroxylation is 1. The van der Waals surface area contributed by atoms with Gasteiger partial charge in [-0.15, -0.1) is 0 Å². The van der Waals surface area contributed by atoms with E-state index in [1.807, 2.05) is 0 Å². The molecule has 0 radical (unpaired) electrons. The number of amides is 2. The third-order valence-corrected chi connectivity index (χ3v) is 6.07. The van der Waals surface area contributed by atoms with Crippen LogP contribution in [-0.2, 0) is 17.8 Å². The van der Waals surface area contributed by atoms with Gasteiger partial charge in [0.05, 0.1) is 11.3 Å². The van der Waals surface area contributed by atoms with E-state index < -0.39 is 41.9 Å². The molecule has 0 saturated heterocycles. The molecule has 2 N–H and O–H groups in total. The summed E-state index contributed by atoms with van der Waals surface area (Å²) in [5.74, 6) is -5.52. The molecule has 0 unspecified atom stereocenters. The number of carbonyl (C=O) groups excluding carboxylic acids is 3. The Hall–Kier alpha value is -3.10. The maximum absolute atomic E-state index is 13.5. The first kappa shape index (κ1) is 22.1. The minimum atomic E-state index is -2.84. The number of carbonyl (C=O) groups is 3. The van der Waals surface area contributed by atoms with E-state index in [2.05, 4.69) is 10.6 Å². The van der Waals surface area contributed by atoms with E-state index in [1.54, 1.807) is 11.5 Å². The molecule has 0 atom stereocenters. The normalized spacial score (nSPS) is 18.3. The van der Waals surface area contributed by atoms with Crippen LogP contribution in [-0.4, -0.2) is 33.6 Å². The van der Waals surface area contributed by atoms with Gasteiger partial charge in [-0.3, -0.25) is 14.4 Å². The Bertz CT molecular complexity index is 1120. The molecule has 1 saturated carbocycles. The van der Waals surface area contributed by atoms with Crippen molar-refractivity contribution >= 4 is 23.3 Å². The van der Waals surface area contributed by atoms with Gasteiger partial charge >= 0.3 is 0 Å². The van der Waals surface area contributed by atoms with E-state index in [9.17, 15) is 27.6 Å². The topological polar surface area (TPSA) is 80.2 Å². The molecule has 170 valence electrons. The van der Waals surface area contributed by atoms with Gasteiger partial charge in [0, 0.05) is 36.3 Å². The second-order valence-corrected chi connectivity index (χ2v) is 8.97. The SMILES string of the molecule is Cc1cc(NC(=O)c2cc(C(=O)C(=O)NC3(C)CC(F)(F)C3)n3c2CCCC3)ccc1F. The molecule has 2 amide bonds. The highest BCUT2D eigenvalue weighted by atomic mass is 19.3. The zero-order valence-electron chi connectivity index (χ0n) is 17.9. The Kier molecular flexibility index (Phi) is 5.38. The van der Waals surface area contributed by atoms with Crippen LogP contribution in [0.15, 0.2) is 24.3 Å². The highest BCUT2D eigenvalue weighted by Crippen LogP contribution is 2.45. The summed E-state index contributed by atoms with van der Waals surface area (Å²) < 4.78 is 41.7. The quantitative estimate of drug-likeness (QED) is 0.537. The zero-order valence-corrected chi connectivity index (χ0v) is 17.9. The summed E-state index contributed by atoms with van der Waals surface area (Å²) in [5, 5.41) is 5.13. The Labute approximate surface area is 183 Å². The van der Waals surface area contributed by atoms with E-state index in [1.165, 1.54) is 31.2 Å². The van der Waals surface area contributed by atoms with Crippen molar-refractivity contribution in [3.05, 3.63) is 52.6 Å². The molecule has 32 heavy (non-hydrogen) atoms. The standard InChI is InChI=1S/C23H24F3N3O3/c1-13-9-14(6-7-16(13)24)27-20(31)15-10-18(29-8-4-3-5-17(15)29)19(30)21(32)28-22(2)11-23(25,26)12-22/h6-7,9-10H,3-5,8,11-12H2,1-2H3,(H,27,31)(H,28,32). The maximum Gasteiger partial charge on any atom is 0.294 e. The smallest absolute Gasteiger partial charge is 0.294 e. The molecule has 0 spiro atoms. The van der Waals surface area contributed by atoms with Crippen LogP contribution in [0.3, 0.4) is 0 Å². The van der Waals surface area contributed by atoms with Gasteiger partial charge in [0.1, 0.15) is 5.82 Å². The number of rotatable bonds is 5. The van der Waals surface area contributed by atoms with Crippen molar-refractivity contribution in [1.82, 2.24) is 9.88 Å². The summed E-state index contributed by atoms with van der Waals surface area (Å²) >= 11 is 0. The van der Waals surface area contributed by atoms with E-state index in [-0.39, 0.29) is 17.1 Å². The third kappa shape index (κ3) is 4.16. The molecule has 1 aromatic heterocycles. The Balaban J connectivity index is 1.57. The van der Waals surface area contributed by atoms with Gasteiger partial charge in [0.25, 0.3) is 23.5 Å². The summed E-state index contributed by atoms with van der Waals surface area (Å²) in [4.78, 5) is 38.3. The molecule has 2 aromatic rings. The highest BCUT2D eigenvalue weighted by molar-refractivity contribution is 6.42. The Morgan fingerprint density at radius 1 is 1.09 bits per heavy atom. The first-order valence-corrected chi connectivity index (χ1v) is 10.5. The minimum absolute atomic E-state index is 0.0623. The molecule has 1 aromatic carbocycles. The second kappa shape index (κ2) is 7.79. The summed E-state index contributed by atoms with van der Waals surface area (Å²) in [7, 11) is 0. The van der Waals surface area contributed by atoms with Crippen molar-refractivity contribution in [2.24, 2.45) is 0 Å². The molecular weight excluding hydrogens is 423 g/mol. The number of benzene rings is 1. The summed E-state index contributed by atoms with van der Waals surface area (Å²) in [6.07, 6.45) is 1.13. The first-order chi connectivity index (χ1) is 15.0. The number of halogens is 3. The van der Waals surface area contributed by atoms with Crippen LogP contribution >= 0.6 is 0 Å². The first-order valence-electron chi connectivity index (χ1n) is 10.5. The molecule has 2 heterocycles. The van der Waals surface area contributed by atoms with E-state index in [4.69, 9.17) is 0 Å². The van der Waals surface area contributed by atoms with Crippen LogP contribution in [0.4, 0.5) is 18.9 Å². The fourth-order valence-electron chi connectivity index (χ4n) is 4.61. The third-order valence-electron chi connectivity index (χ3n) is 6.07. The van der Waals surface area contributed by atoms with E-state index in [0.717, 1.165) is 12.8 Å². The molecule has 9 heteroatoms. The zero-order chi connectivity index (χ0) is 23.3. The highest BCUT2D eigenvalue weighted by Gasteiger charge is 2.54. The number of hydrogen-bond donors (Lipinski definition) is 2. The fourth-order valence-corrected chi connectivity index (χ4v) is 4.61. The molecule has 0 bridgehead atoms. The number of Topliss-reactive ketones (excluding diaryl/α,β-unsaturated/α-hetero) is 1. The van der Waals surface area contributed by atoms with Gasteiger partial charge in [0.2, 0.25) is 0 Å². The lowest BCUT2D eigenvalue weighted by Gasteiger charge is -2.45. The van der Waals surface area contributed by atoms with Crippen LogP contribution in [0.2, 0.25) is 0 Å².